The predicted molar refractivity (Wildman–Crippen MR) is 121 cm³/mol. The Morgan fingerprint density at radius 3 is 2.35 bits per heavy atom. The van der Waals surface area contributed by atoms with Gasteiger partial charge < -0.3 is 10.1 Å². The smallest absolute Gasteiger partial charge is 0.296 e. The first-order valence-electron chi connectivity index (χ1n) is 11.2. The van der Waals surface area contributed by atoms with E-state index in [0.717, 1.165) is 30.4 Å². The lowest BCUT2D eigenvalue weighted by Gasteiger charge is -2.31. The second-order valence-corrected chi connectivity index (χ2v) is 8.71. The summed E-state index contributed by atoms with van der Waals surface area (Å²) in [6.07, 6.45) is 3.25. The van der Waals surface area contributed by atoms with Gasteiger partial charge in [0, 0.05) is 5.92 Å². The number of rotatable bonds is 10. The van der Waals surface area contributed by atoms with E-state index in [0.29, 0.717) is 6.42 Å². The molecular weight excluding hydrogens is 392 g/mol. The minimum atomic E-state index is -0.775. The molecule has 1 aromatic rings. The van der Waals surface area contributed by atoms with Crippen LogP contribution in [0.1, 0.15) is 59.4 Å². The van der Waals surface area contributed by atoms with Gasteiger partial charge in [0.05, 0.1) is 13.2 Å². The van der Waals surface area contributed by atoms with E-state index in [4.69, 9.17) is 4.74 Å². The highest BCUT2D eigenvalue weighted by molar-refractivity contribution is 6.08. The standard InChI is InChI=1S/C25H36N2O4/c1-7-8-12-17(4)23(28)26-21(16(2)3)24(29)27-20(15-19-13-10-9-11-14-19)18(5)22(31-6)25(27)30/h9-11,13-14,16-17,20-21H,7-8,12,15H2,1-6H3,(H,26,28)/t17?,20-,21+/m0/s1. The van der Waals surface area contributed by atoms with Crippen LogP contribution in [-0.2, 0) is 25.5 Å². The van der Waals surface area contributed by atoms with Crippen LogP contribution in [0, 0.1) is 11.8 Å². The van der Waals surface area contributed by atoms with Crippen LogP contribution in [0.2, 0.25) is 0 Å². The average Bonchev–Trinajstić information content (AvgIpc) is 2.98. The van der Waals surface area contributed by atoms with Crippen molar-refractivity contribution in [1.29, 1.82) is 0 Å². The number of unbranched alkanes of at least 4 members (excludes halogenated alkanes) is 1. The van der Waals surface area contributed by atoms with Crippen molar-refractivity contribution in [2.45, 2.75) is 72.4 Å². The molecule has 6 nitrogen and oxygen atoms in total. The van der Waals surface area contributed by atoms with Crippen LogP contribution in [-0.4, -0.2) is 41.8 Å². The molecule has 0 spiro atoms. The van der Waals surface area contributed by atoms with Gasteiger partial charge in [0.2, 0.25) is 5.91 Å². The molecule has 170 valence electrons. The van der Waals surface area contributed by atoms with Crippen LogP contribution in [0.15, 0.2) is 41.7 Å². The maximum atomic E-state index is 13.6. The van der Waals surface area contributed by atoms with Gasteiger partial charge in [-0.15, -0.1) is 0 Å². The monoisotopic (exact) mass is 428 g/mol. The molecule has 3 amide bonds. The number of amides is 3. The molecule has 1 aliphatic rings. The topological polar surface area (TPSA) is 75.7 Å². The Labute approximate surface area is 186 Å². The van der Waals surface area contributed by atoms with Crippen LogP contribution < -0.4 is 5.32 Å². The van der Waals surface area contributed by atoms with Gasteiger partial charge in [0.15, 0.2) is 5.76 Å². The summed E-state index contributed by atoms with van der Waals surface area (Å²) in [7, 11) is 1.45. The van der Waals surface area contributed by atoms with Crippen molar-refractivity contribution < 1.29 is 19.1 Å². The molecule has 0 bridgehead atoms. The number of carbonyl (C=O) groups excluding carboxylic acids is 3. The van der Waals surface area contributed by atoms with Gasteiger partial charge in [0.25, 0.3) is 11.8 Å². The molecule has 3 atom stereocenters. The maximum absolute atomic E-state index is 13.6. The molecule has 1 unspecified atom stereocenters. The number of ether oxygens (including phenoxy) is 1. The van der Waals surface area contributed by atoms with Crippen LogP contribution in [0.5, 0.6) is 0 Å². The van der Waals surface area contributed by atoms with Gasteiger partial charge >= 0.3 is 0 Å². The van der Waals surface area contributed by atoms with Crippen molar-refractivity contribution in [2.75, 3.05) is 7.11 Å². The van der Waals surface area contributed by atoms with E-state index in [1.165, 1.54) is 12.0 Å². The largest absolute Gasteiger partial charge is 0.491 e. The lowest BCUT2D eigenvalue weighted by atomic mass is 9.97. The van der Waals surface area contributed by atoms with E-state index in [2.05, 4.69) is 12.2 Å². The number of nitrogens with zero attached hydrogens (tertiary/aromatic N) is 1. The number of hydrogen-bond acceptors (Lipinski definition) is 4. The second-order valence-electron chi connectivity index (χ2n) is 8.71. The fourth-order valence-electron chi connectivity index (χ4n) is 3.95. The highest BCUT2D eigenvalue weighted by Crippen LogP contribution is 2.30. The van der Waals surface area contributed by atoms with Crippen LogP contribution in [0.3, 0.4) is 0 Å². The number of imide groups is 1. The molecule has 1 aromatic carbocycles. The quantitative estimate of drug-likeness (QED) is 0.614. The first-order valence-corrected chi connectivity index (χ1v) is 11.2. The van der Waals surface area contributed by atoms with Gasteiger partial charge in [0.1, 0.15) is 6.04 Å². The highest BCUT2D eigenvalue weighted by Gasteiger charge is 2.45. The summed E-state index contributed by atoms with van der Waals surface area (Å²) < 4.78 is 5.34. The third-order valence-corrected chi connectivity index (χ3v) is 5.96. The molecule has 0 saturated heterocycles. The van der Waals surface area contributed by atoms with Gasteiger partial charge in [-0.3, -0.25) is 19.3 Å². The number of hydrogen-bond donors (Lipinski definition) is 1. The molecule has 2 rings (SSSR count). The van der Waals surface area contributed by atoms with Crippen LogP contribution >= 0.6 is 0 Å². The third-order valence-electron chi connectivity index (χ3n) is 5.96. The third kappa shape index (κ3) is 5.75. The number of nitrogens with one attached hydrogen (secondary N) is 1. The van der Waals surface area contributed by atoms with Crippen molar-refractivity contribution in [3.63, 3.8) is 0 Å². The van der Waals surface area contributed by atoms with E-state index in [9.17, 15) is 14.4 Å². The van der Waals surface area contributed by atoms with Crippen molar-refractivity contribution in [2.24, 2.45) is 11.8 Å². The summed E-state index contributed by atoms with van der Waals surface area (Å²) in [6.45, 7) is 9.54. The molecule has 1 N–H and O–H groups in total. The Bertz CT molecular complexity index is 816. The molecular formula is C25H36N2O4. The molecule has 0 radical (unpaired) electrons. The molecule has 0 saturated carbocycles. The summed E-state index contributed by atoms with van der Waals surface area (Å²) in [5, 5.41) is 2.91. The van der Waals surface area contributed by atoms with Crippen LogP contribution in [0.25, 0.3) is 0 Å². The first-order chi connectivity index (χ1) is 14.7. The Kier molecular flexibility index (Phi) is 8.84. The summed E-state index contributed by atoms with van der Waals surface area (Å²) >= 11 is 0. The average molecular weight is 429 g/mol. The van der Waals surface area contributed by atoms with Gasteiger partial charge in [-0.25, -0.2) is 0 Å². The minimum Gasteiger partial charge on any atom is -0.491 e. The van der Waals surface area contributed by atoms with Crippen LogP contribution in [0.4, 0.5) is 0 Å². The fraction of sp³-hybridized carbons (Fsp3) is 0.560. The SMILES string of the molecule is CCCCC(C)C(=O)N[C@@H](C(=O)N1C(=O)C(OC)=C(C)[C@@H]1Cc1ccccc1)C(C)C. The zero-order chi connectivity index (χ0) is 23.1. The zero-order valence-corrected chi connectivity index (χ0v) is 19.6. The molecule has 1 heterocycles. The number of methoxy groups -OCH3 is 1. The van der Waals surface area contributed by atoms with E-state index < -0.39 is 18.0 Å². The first kappa shape index (κ1) is 24.6. The fourth-order valence-corrected chi connectivity index (χ4v) is 3.95. The Hall–Kier alpha value is -2.63. The molecule has 1 aliphatic heterocycles. The molecule has 0 aliphatic carbocycles. The summed E-state index contributed by atoms with van der Waals surface area (Å²) in [6, 6.07) is 8.53. The number of benzene rings is 1. The summed E-state index contributed by atoms with van der Waals surface area (Å²) in [4.78, 5) is 40.7. The minimum absolute atomic E-state index is 0.150. The van der Waals surface area contributed by atoms with E-state index in [1.807, 2.05) is 58.0 Å². The van der Waals surface area contributed by atoms with Crippen molar-refractivity contribution >= 4 is 17.7 Å². The van der Waals surface area contributed by atoms with Crippen molar-refractivity contribution in [3.05, 3.63) is 47.2 Å². The van der Waals surface area contributed by atoms with E-state index >= 15 is 0 Å². The zero-order valence-electron chi connectivity index (χ0n) is 19.6. The Morgan fingerprint density at radius 1 is 1.16 bits per heavy atom. The van der Waals surface area contributed by atoms with Crippen molar-refractivity contribution in [1.82, 2.24) is 10.2 Å². The van der Waals surface area contributed by atoms with Gasteiger partial charge in [-0.05, 0) is 36.8 Å². The lowest BCUT2D eigenvalue weighted by Crippen LogP contribution is -2.55. The highest BCUT2D eigenvalue weighted by atomic mass is 16.5. The van der Waals surface area contributed by atoms with Gasteiger partial charge in [-0.2, -0.15) is 0 Å². The number of carbonyl (C=O) groups is 3. The normalized spacial score (nSPS) is 18.4. The molecule has 0 aromatic heterocycles. The van der Waals surface area contributed by atoms with Gasteiger partial charge in [-0.1, -0.05) is 70.9 Å². The summed E-state index contributed by atoms with van der Waals surface area (Å²) in [5.74, 6) is -1.11. The van der Waals surface area contributed by atoms with Crippen molar-refractivity contribution in [3.8, 4) is 0 Å². The van der Waals surface area contributed by atoms with E-state index in [-0.39, 0.29) is 29.4 Å². The Morgan fingerprint density at radius 2 is 1.81 bits per heavy atom. The molecule has 31 heavy (non-hydrogen) atoms. The molecule has 6 heteroatoms. The maximum Gasteiger partial charge on any atom is 0.296 e. The lowest BCUT2D eigenvalue weighted by molar-refractivity contribution is -0.148. The second kappa shape index (κ2) is 11.1. The Balaban J connectivity index is 2.28. The van der Waals surface area contributed by atoms with E-state index in [1.54, 1.807) is 0 Å². The summed E-state index contributed by atoms with van der Waals surface area (Å²) in [5.41, 5.74) is 1.75. The predicted octanol–water partition coefficient (Wildman–Crippen LogP) is 3.85. The molecule has 0 fully saturated rings.